The van der Waals surface area contributed by atoms with Crippen molar-refractivity contribution in [3.63, 3.8) is 0 Å². The minimum Gasteiger partial charge on any atom is -0.479 e. The predicted molar refractivity (Wildman–Crippen MR) is 71.6 cm³/mol. The zero-order valence-corrected chi connectivity index (χ0v) is 10.6. The molecule has 1 aromatic heterocycles. The standard InChI is InChI=1S/C13H13F2N3O2/c1-19-12-8(16)6-7-11(18-12)17-9-4-2-3-5-10(9)20-13(14)15/h2-7,13H,16H2,1H3,(H,17,18). The van der Waals surface area contributed by atoms with Gasteiger partial charge in [-0.15, -0.1) is 0 Å². The molecule has 3 N–H and O–H groups in total. The first kappa shape index (κ1) is 13.9. The normalized spacial score (nSPS) is 10.4. The van der Waals surface area contributed by atoms with Gasteiger partial charge in [0.25, 0.3) is 0 Å². The Balaban J connectivity index is 2.25. The number of alkyl halides is 2. The van der Waals surface area contributed by atoms with Crippen LogP contribution in [0.5, 0.6) is 11.6 Å². The van der Waals surface area contributed by atoms with E-state index in [0.717, 1.165) is 0 Å². The first-order valence-corrected chi connectivity index (χ1v) is 5.71. The second kappa shape index (κ2) is 6.05. The van der Waals surface area contributed by atoms with E-state index in [2.05, 4.69) is 15.0 Å². The molecule has 0 saturated carbocycles. The minimum atomic E-state index is -2.90. The smallest absolute Gasteiger partial charge is 0.387 e. The molecule has 0 atom stereocenters. The van der Waals surface area contributed by atoms with Crippen LogP contribution in [0.15, 0.2) is 36.4 Å². The molecule has 0 aliphatic carbocycles. The molecule has 0 fully saturated rings. The van der Waals surface area contributed by atoms with Crippen molar-refractivity contribution in [1.29, 1.82) is 0 Å². The lowest BCUT2D eigenvalue weighted by atomic mass is 10.3. The summed E-state index contributed by atoms with van der Waals surface area (Å²) in [6.45, 7) is -2.90. The molecule has 106 valence electrons. The Morgan fingerprint density at radius 2 is 1.95 bits per heavy atom. The summed E-state index contributed by atoms with van der Waals surface area (Å²) in [5, 5.41) is 2.87. The molecule has 2 rings (SSSR count). The van der Waals surface area contributed by atoms with Crippen LogP contribution in [0.4, 0.5) is 26.0 Å². The summed E-state index contributed by atoms with van der Waals surface area (Å²) in [5.41, 5.74) is 6.40. The van der Waals surface area contributed by atoms with Crippen molar-refractivity contribution in [2.24, 2.45) is 0 Å². The van der Waals surface area contributed by atoms with E-state index in [1.54, 1.807) is 30.3 Å². The molecule has 0 aliphatic heterocycles. The van der Waals surface area contributed by atoms with E-state index in [4.69, 9.17) is 10.5 Å². The van der Waals surface area contributed by atoms with E-state index < -0.39 is 6.61 Å². The highest BCUT2D eigenvalue weighted by Gasteiger charge is 2.10. The van der Waals surface area contributed by atoms with Gasteiger partial charge < -0.3 is 20.5 Å². The molecule has 1 aromatic carbocycles. The van der Waals surface area contributed by atoms with Crippen molar-refractivity contribution in [2.45, 2.75) is 6.61 Å². The van der Waals surface area contributed by atoms with Gasteiger partial charge in [0, 0.05) is 0 Å². The Morgan fingerprint density at radius 3 is 2.65 bits per heavy atom. The highest BCUT2D eigenvalue weighted by atomic mass is 19.3. The molecular weight excluding hydrogens is 268 g/mol. The van der Waals surface area contributed by atoms with Gasteiger partial charge in [0.15, 0.2) is 0 Å². The van der Waals surface area contributed by atoms with Crippen molar-refractivity contribution >= 4 is 17.2 Å². The lowest BCUT2D eigenvalue weighted by Gasteiger charge is -2.13. The summed E-state index contributed by atoms with van der Waals surface area (Å²) >= 11 is 0. The second-order valence-electron chi connectivity index (χ2n) is 3.79. The molecule has 0 unspecified atom stereocenters. The van der Waals surface area contributed by atoms with Crippen LogP contribution in [0.2, 0.25) is 0 Å². The van der Waals surface area contributed by atoms with Crippen LogP contribution in [0.25, 0.3) is 0 Å². The Morgan fingerprint density at radius 1 is 1.20 bits per heavy atom. The maximum atomic E-state index is 12.3. The Kier molecular flexibility index (Phi) is 4.19. The number of aromatic nitrogens is 1. The zero-order chi connectivity index (χ0) is 14.5. The first-order chi connectivity index (χ1) is 9.60. The number of anilines is 3. The highest BCUT2D eigenvalue weighted by Crippen LogP contribution is 2.29. The molecule has 1 heterocycles. The number of hydrogen-bond acceptors (Lipinski definition) is 5. The Bertz CT molecular complexity index is 594. The predicted octanol–water partition coefficient (Wildman–Crippen LogP) is 3.02. The number of nitrogen functional groups attached to an aromatic ring is 1. The third kappa shape index (κ3) is 3.25. The number of nitrogens with two attached hydrogens (primary N) is 1. The second-order valence-corrected chi connectivity index (χ2v) is 3.79. The summed E-state index contributed by atoms with van der Waals surface area (Å²) < 4.78 is 34.0. The average Bonchev–Trinajstić information content (AvgIpc) is 2.42. The molecule has 5 nitrogen and oxygen atoms in total. The number of halogens is 2. The van der Waals surface area contributed by atoms with E-state index in [1.807, 2.05) is 0 Å². The maximum Gasteiger partial charge on any atom is 0.387 e. The summed E-state index contributed by atoms with van der Waals surface area (Å²) in [6.07, 6.45) is 0. The fourth-order valence-electron chi connectivity index (χ4n) is 1.59. The van der Waals surface area contributed by atoms with Crippen LogP contribution in [0, 0.1) is 0 Å². The lowest BCUT2D eigenvalue weighted by molar-refractivity contribution is -0.0493. The third-order valence-corrected chi connectivity index (χ3v) is 2.45. The van der Waals surface area contributed by atoms with Crippen molar-refractivity contribution in [3.05, 3.63) is 36.4 Å². The number of methoxy groups -OCH3 is 1. The van der Waals surface area contributed by atoms with Crippen LogP contribution in [0.1, 0.15) is 0 Å². The highest BCUT2D eigenvalue weighted by molar-refractivity contribution is 5.66. The van der Waals surface area contributed by atoms with Crippen molar-refractivity contribution in [1.82, 2.24) is 4.98 Å². The molecule has 0 aliphatic rings. The molecular formula is C13H13F2N3O2. The third-order valence-electron chi connectivity index (χ3n) is 2.45. The van der Waals surface area contributed by atoms with Gasteiger partial charge in [-0.3, -0.25) is 0 Å². The van der Waals surface area contributed by atoms with Gasteiger partial charge in [-0.05, 0) is 24.3 Å². The van der Waals surface area contributed by atoms with E-state index in [9.17, 15) is 8.78 Å². The van der Waals surface area contributed by atoms with Crippen LogP contribution in [0.3, 0.4) is 0 Å². The largest absolute Gasteiger partial charge is 0.479 e. The fraction of sp³-hybridized carbons (Fsp3) is 0.154. The molecule has 0 spiro atoms. The number of nitrogens with one attached hydrogen (secondary N) is 1. The van der Waals surface area contributed by atoms with Gasteiger partial charge in [-0.2, -0.15) is 13.8 Å². The molecule has 20 heavy (non-hydrogen) atoms. The Hall–Kier alpha value is -2.57. The Labute approximate surface area is 114 Å². The monoisotopic (exact) mass is 281 g/mol. The number of rotatable bonds is 5. The quantitative estimate of drug-likeness (QED) is 0.881. The molecule has 2 aromatic rings. The molecule has 0 bridgehead atoms. The maximum absolute atomic E-state index is 12.3. The van der Waals surface area contributed by atoms with Gasteiger partial charge in [-0.1, -0.05) is 12.1 Å². The van der Waals surface area contributed by atoms with Gasteiger partial charge in [0.2, 0.25) is 5.88 Å². The van der Waals surface area contributed by atoms with Crippen LogP contribution in [-0.4, -0.2) is 18.7 Å². The van der Waals surface area contributed by atoms with Crippen LogP contribution < -0.4 is 20.5 Å². The van der Waals surface area contributed by atoms with Crippen LogP contribution in [-0.2, 0) is 0 Å². The number of benzene rings is 1. The van der Waals surface area contributed by atoms with E-state index in [0.29, 0.717) is 17.2 Å². The minimum absolute atomic E-state index is 0.0279. The lowest BCUT2D eigenvalue weighted by Crippen LogP contribution is -2.05. The topological polar surface area (TPSA) is 69.4 Å². The van der Waals surface area contributed by atoms with Crippen LogP contribution >= 0.6 is 0 Å². The molecule has 0 radical (unpaired) electrons. The van der Waals surface area contributed by atoms with Crippen molar-refractivity contribution in [2.75, 3.05) is 18.2 Å². The summed E-state index contributed by atoms with van der Waals surface area (Å²) in [4.78, 5) is 4.10. The summed E-state index contributed by atoms with van der Waals surface area (Å²) in [6, 6.07) is 9.53. The zero-order valence-electron chi connectivity index (χ0n) is 10.6. The van der Waals surface area contributed by atoms with Gasteiger partial charge in [-0.25, -0.2) is 0 Å². The number of pyridine rings is 1. The number of para-hydroxylation sites is 2. The van der Waals surface area contributed by atoms with E-state index in [1.165, 1.54) is 13.2 Å². The average molecular weight is 281 g/mol. The van der Waals surface area contributed by atoms with Gasteiger partial charge in [0.1, 0.15) is 11.6 Å². The van der Waals surface area contributed by atoms with Crippen molar-refractivity contribution in [3.8, 4) is 11.6 Å². The summed E-state index contributed by atoms with van der Waals surface area (Å²) in [7, 11) is 1.44. The molecule has 0 amide bonds. The SMILES string of the molecule is COc1nc(Nc2ccccc2OC(F)F)ccc1N. The van der Waals surface area contributed by atoms with Gasteiger partial charge in [0.05, 0.1) is 18.5 Å². The molecule has 7 heteroatoms. The summed E-state index contributed by atoms with van der Waals surface area (Å²) in [5.74, 6) is 0.684. The number of ether oxygens (including phenoxy) is 2. The van der Waals surface area contributed by atoms with E-state index >= 15 is 0 Å². The fourth-order valence-corrected chi connectivity index (χ4v) is 1.59. The first-order valence-electron chi connectivity index (χ1n) is 5.71. The molecule has 0 saturated heterocycles. The van der Waals surface area contributed by atoms with Gasteiger partial charge >= 0.3 is 6.61 Å². The van der Waals surface area contributed by atoms with Crippen molar-refractivity contribution < 1.29 is 18.3 Å². The number of nitrogens with zero attached hydrogens (tertiary/aromatic N) is 1. The van der Waals surface area contributed by atoms with E-state index in [-0.39, 0.29) is 11.6 Å². The number of hydrogen-bond donors (Lipinski definition) is 2.